The SMILES string of the molecule is Cc1ccc(C)c(C(C)NC(=O)C2(N)CCOCC2)c1. The van der Waals surface area contributed by atoms with Crippen LogP contribution in [0.2, 0.25) is 0 Å². The van der Waals surface area contributed by atoms with Crippen LogP contribution in [-0.2, 0) is 9.53 Å². The van der Waals surface area contributed by atoms with E-state index in [4.69, 9.17) is 10.5 Å². The van der Waals surface area contributed by atoms with E-state index < -0.39 is 5.54 Å². The number of aryl methyl sites for hydroxylation is 2. The van der Waals surface area contributed by atoms with E-state index in [2.05, 4.69) is 37.4 Å². The molecule has 1 aliphatic rings. The molecule has 0 aliphatic carbocycles. The summed E-state index contributed by atoms with van der Waals surface area (Å²) in [6.07, 6.45) is 1.16. The van der Waals surface area contributed by atoms with E-state index in [1.807, 2.05) is 6.92 Å². The molecule has 0 radical (unpaired) electrons. The Bertz CT molecular complexity index is 493. The van der Waals surface area contributed by atoms with Crippen LogP contribution in [0, 0.1) is 13.8 Å². The fourth-order valence-corrected chi connectivity index (χ4v) is 2.61. The van der Waals surface area contributed by atoms with E-state index in [1.54, 1.807) is 0 Å². The standard InChI is InChI=1S/C16H24N2O2/c1-11-4-5-12(2)14(10-11)13(3)18-15(19)16(17)6-8-20-9-7-16/h4-5,10,13H,6-9,17H2,1-3H3,(H,18,19). The second-order valence-electron chi connectivity index (χ2n) is 5.82. The van der Waals surface area contributed by atoms with Gasteiger partial charge in [-0.1, -0.05) is 23.8 Å². The van der Waals surface area contributed by atoms with Crippen molar-refractivity contribution in [3.63, 3.8) is 0 Å². The van der Waals surface area contributed by atoms with Crippen molar-refractivity contribution in [3.8, 4) is 0 Å². The van der Waals surface area contributed by atoms with Crippen LogP contribution in [0.3, 0.4) is 0 Å². The highest BCUT2D eigenvalue weighted by Gasteiger charge is 2.36. The van der Waals surface area contributed by atoms with Gasteiger partial charge in [0.1, 0.15) is 0 Å². The Balaban J connectivity index is 2.08. The molecular weight excluding hydrogens is 252 g/mol. The van der Waals surface area contributed by atoms with Gasteiger partial charge in [0.15, 0.2) is 0 Å². The number of hydrogen-bond donors (Lipinski definition) is 2. The summed E-state index contributed by atoms with van der Waals surface area (Å²) in [6.45, 7) is 7.23. The van der Waals surface area contributed by atoms with E-state index >= 15 is 0 Å². The molecule has 1 fully saturated rings. The molecule has 4 nitrogen and oxygen atoms in total. The first-order valence-electron chi connectivity index (χ1n) is 7.17. The Morgan fingerprint density at radius 3 is 2.65 bits per heavy atom. The molecule has 0 aromatic heterocycles. The van der Waals surface area contributed by atoms with Crippen molar-refractivity contribution in [2.45, 2.75) is 45.2 Å². The summed E-state index contributed by atoms with van der Waals surface area (Å²) < 4.78 is 5.28. The molecule has 4 heteroatoms. The molecule has 0 saturated carbocycles. The first kappa shape index (κ1) is 15.0. The third-order valence-electron chi connectivity index (χ3n) is 4.09. The molecule has 1 aliphatic heterocycles. The van der Waals surface area contributed by atoms with Crippen LogP contribution >= 0.6 is 0 Å². The van der Waals surface area contributed by atoms with Crippen LogP contribution < -0.4 is 11.1 Å². The van der Waals surface area contributed by atoms with Gasteiger partial charge >= 0.3 is 0 Å². The van der Waals surface area contributed by atoms with E-state index in [-0.39, 0.29) is 11.9 Å². The highest BCUT2D eigenvalue weighted by atomic mass is 16.5. The van der Waals surface area contributed by atoms with E-state index in [9.17, 15) is 4.79 Å². The van der Waals surface area contributed by atoms with Crippen molar-refractivity contribution in [2.75, 3.05) is 13.2 Å². The minimum absolute atomic E-state index is 0.0364. The van der Waals surface area contributed by atoms with Crippen LogP contribution in [0.1, 0.15) is 42.5 Å². The van der Waals surface area contributed by atoms with E-state index in [0.29, 0.717) is 26.1 Å². The molecule has 2 rings (SSSR count). The van der Waals surface area contributed by atoms with Gasteiger partial charge in [-0.2, -0.15) is 0 Å². The molecule has 1 saturated heterocycles. The number of rotatable bonds is 3. The summed E-state index contributed by atoms with van der Waals surface area (Å²) in [5, 5.41) is 3.05. The highest BCUT2D eigenvalue weighted by molar-refractivity contribution is 5.86. The minimum atomic E-state index is -0.787. The molecular formula is C16H24N2O2. The second kappa shape index (κ2) is 5.94. The average molecular weight is 276 g/mol. The lowest BCUT2D eigenvalue weighted by Crippen LogP contribution is -2.57. The van der Waals surface area contributed by atoms with Crippen molar-refractivity contribution in [1.29, 1.82) is 0 Å². The summed E-state index contributed by atoms with van der Waals surface area (Å²) >= 11 is 0. The zero-order chi connectivity index (χ0) is 14.8. The number of benzene rings is 1. The largest absolute Gasteiger partial charge is 0.381 e. The zero-order valence-corrected chi connectivity index (χ0v) is 12.5. The topological polar surface area (TPSA) is 64.4 Å². The molecule has 3 N–H and O–H groups in total. The summed E-state index contributed by atoms with van der Waals surface area (Å²) in [5.41, 5.74) is 8.94. The van der Waals surface area contributed by atoms with Gasteiger partial charge in [-0.3, -0.25) is 4.79 Å². The molecule has 0 spiro atoms. The number of carbonyl (C=O) groups excluding carboxylic acids is 1. The minimum Gasteiger partial charge on any atom is -0.381 e. The molecule has 1 atom stereocenters. The molecule has 110 valence electrons. The van der Waals surface area contributed by atoms with Gasteiger partial charge in [0.05, 0.1) is 11.6 Å². The van der Waals surface area contributed by atoms with Crippen molar-refractivity contribution in [2.24, 2.45) is 5.73 Å². The summed E-state index contributed by atoms with van der Waals surface area (Å²) in [5.74, 6) is -0.0748. The number of ether oxygens (including phenoxy) is 1. The molecule has 0 bridgehead atoms. The summed E-state index contributed by atoms with van der Waals surface area (Å²) in [7, 11) is 0. The summed E-state index contributed by atoms with van der Waals surface area (Å²) in [4.78, 5) is 12.4. The molecule has 20 heavy (non-hydrogen) atoms. The first-order valence-corrected chi connectivity index (χ1v) is 7.17. The smallest absolute Gasteiger partial charge is 0.240 e. The van der Waals surface area contributed by atoms with Crippen LogP contribution in [0.25, 0.3) is 0 Å². The normalized spacial score (nSPS) is 19.4. The highest BCUT2D eigenvalue weighted by Crippen LogP contribution is 2.22. The van der Waals surface area contributed by atoms with Crippen molar-refractivity contribution >= 4 is 5.91 Å². The number of carbonyl (C=O) groups is 1. The lowest BCUT2D eigenvalue weighted by molar-refractivity contribution is -0.130. The molecule has 1 amide bonds. The number of nitrogens with one attached hydrogen (secondary N) is 1. The zero-order valence-electron chi connectivity index (χ0n) is 12.5. The predicted molar refractivity (Wildman–Crippen MR) is 79.4 cm³/mol. The number of nitrogens with two attached hydrogens (primary N) is 1. The maximum Gasteiger partial charge on any atom is 0.240 e. The Morgan fingerprint density at radius 2 is 2.00 bits per heavy atom. The lowest BCUT2D eigenvalue weighted by atomic mass is 9.89. The lowest BCUT2D eigenvalue weighted by Gasteiger charge is -2.33. The van der Waals surface area contributed by atoms with Gasteiger partial charge < -0.3 is 15.8 Å². The molecule has 1 unspecified atom stereocenters. The van der Waals surface area contributed by atoms with Gasteiger partial charge in [-0.25, -0.2) is 0 Å². The Hall–Kier alpha value is -1.39. The Kier molecular flexibility index (Phi) is 4.45. The molecule has 1 aromatic rings. The van der Waals surface area contributed by atoms with Gasteiger partial charge in [0, 0.05) is 13.2 Å². The van der Waals surface area contributed by atoms with Gasteiger partial charge in [0.2, 0.25) is 5.91 Å². The van der Waals surface area contributed by atoms with Crippen molar-refractivity contribution in [3.05, 3.63) is 34.9 Å². The van der Waals surface area contributed by atoms with Crippen molar-refractivity contribution < 1.29 is 9.53 Å². The summed E-state index contributed by atoms with van der Waals surface area (Å²) in [6, 6.07) is 6.25. The van der Waals surface area contributed by atoms with Gasteiger partial charge in [-0.15, -0.1) is 0 Å². The second-order valence-corrected chi connectivity index (χ2v) is 5.82. The first-order chi connectivity index (χ1) is 9.42. The van der Waals surface area contributed by atoms with Crippen molar-refractivity contribution in [1.82, 2.24) is 5.32 Å². The number of hydrogen-bond acceptors (Lipinski definition) is 3. The Morgan fingerprint density at radius 1 is 1.35 bits per heavy atom. The van der Waals surface area contributed by atoms with Gasteiger partial charge in [-0.05, 0) is 44.7 Å². The van der Waals surface area contributed by atoms with Crippen LogP contribution in [0.15, 0.2) is 18.2 Å². The monoisotopic (exact) mass is 276 g/mol. The maximum atomic E-state index is 12.4. The third-order valence-corrected chi connectivity index (χ3v) is 4.09. The molecule has 1 heterocycles. The predicted octanol–water partition coefficient (Wildman–Crippen LogP) is 1.99. The van der Waals surface area contributed by atoms with E-state index in [1.165, 1.54) is 11.1 Å². The fourth-order valence-electron chi connectivity index (χ4n) is 2.61. The molecule has 1 aromatic carbocycles. The quantitative estimate of drug-likeness (QED) is 0.887. The average Bonchev–Trinajstić information content (AvgIpc) is 2.42. The van der Waals surface area contributed by atoms with E-state index in [0.717, 1.165) is 5.56 Å². The number of amides is 1. The fraction of sp³-hybridized carbons (Fsp3) is 0.562. The van der Waals surface area contributed by atoms with Crippen LogP contribution in [0.4, 0.5) is 0 Å². The maximum absolute atomic E-state index is 12.4. The van der Waals surface area contributed by atoms with Crippen LogP contribution in [0.5, 0.6) is 0 Å². The van der Waals surface area contributed by atoms with Crippen LogP contribution in [-0.4, -0.2) is 24.7 Å². The van der Waals surface area contributed by atoms with Gasteiger partial charge in [0.25, 0.3) is 0 Å². The Labute approximate surface area is 120 Å². The third kappa shape index (κ3) is 3.19.